The van der Waals surface area contributed by atoms with Gasteiger partial charge in [0.2, 0.25) is 5.91 Å². The average Bonchev–Trinajstić information content (AvgIpc) is 2.93. The fourth-order valence-electron chi connectivity index (χ4n) is 5.52. The summed E-state index contributed by atoms with van der Waals surface area (Å²) >= 11 is 0. The lowest BCUT2D eigenvalue weighted by Crippen LogP contribution is -2.61. The highest BCUT2D eigenvalue weighted by Gasteiger charge is 2.41. The van der Waals surface area contributed by atoms with Crippen molar-refractivity contribution < 1.29 is 14.5 Å². The summed E-state index contributed by atoms with van der Waals surface area (Å²) in [5.74, 6) is 0.520. The largest absolute Gasteiger partial charge is 0.497 e. The van der Waals surface area contributed by atoms with Crippen LogP contribution in [0.15, 0.2) is 72.8 Å². The molecule has 1 N–H and O–H groups in total. The summed E-state index contributed by atoms with van der Waals surface area (Å²) in [6.07, 6.45) is 1.21. The van der Waals surface area contributed by atoms with Crippen molar-refractivity contribution in [2.24, 2.45) is 5.92 Å². The Labute approximate surface area is 217 Å². The van der Waals surface area contributed by atoms with E-state index >= 15 is 0 Å². The molecule has 3 aromatic carbocycles. The smallest absolute Gasteiger partial charge is 0.269 e. The maximum absolute atomic E-state index is 13.5. The number of carbonyl (C=O) groups excluding carboxylic acids is 1. The van der Waals surface area contributed by atoms with Gasteiger partial charge in [0, 0.05) is 50.5 Å². The van der Waals surface area contributed by atoms with Gasteiger partial charge in [-0.1, -0.05) is 42.5 Å². The molecule has 0 aromatic heterocycles. The number of piperazine rings is 1. The van der Waals surface area contributed by atoms with E-state index in [1.54, 1.807) is 19.2 Å². The van der Waals surface area contributed by atoms with E-state index in [0.29, 0.717) is 13.0 Å². The van der Waals surface area contributed by atoms with E-state index in [2.05, 4.69) is 39.4 Å². The fraction of sp³-hybridized carbons (Fsp3) is 0.345. The lowest BCUT2D eigenvalue weighted by molar-refractivity contribution is -0.384. The Bertz CT molecular complexity index is 1250. The zero-order chi connectivity index (χ0) is 25.8. The molecule has 192 valence electrons. The van der Waals surface area contributed by atoms with E-state index in [0.717, 1.165) is 55.2 Å². The maximum atomic E-state index is 13.5. The van der Waals surface area contributed by atoms with E-state index in [1.807, 2.05) is 36.4 Å². The van der Waals surface area contributed by atoms with Crippen LogP contribution < -0.4 is 15.0 Å². The number of amides is 1. The first-order chi connectivity index (χ1) is 18.0. The van der Waals surface area contributed by atoms with Gasteiger partial charge in [0.1, 0.15) is 5.75 Å². The van der Waals surface area contributed by atoms with Gasteiger partial charge in [0.05, 0.1) is 24.0 Å². The summed E-state index contributed by atoms with van der Waals surface area (Å²) in [7, 11) is 1.64. The number of nitro groups is 1. The minimum atomic E-state index is -0.367. The van der Waals surface area contributed by atoms with Crippen molar-refractivity contribution in [3.05, 3.63) is 99.6 Å². The maximum Gasteiger partial charge on any atom is 0.269 e. The molecule has 0 unspecified atom stereocenters. The molecule has 1 saturated heterocycles. The summed E-state index contributed by atoms with van der Waals surface area (Å²) in [5.41, 5.74) is 4.33. The minimum Gasteiger partial charge on any atom is -0.497 e. The van der Waals surface area contributed by atoms with E-state index in [9.17, 15) is 14.9 Å². The summed E-state index contributed by atoms with van der Waals surface area (Å²) in [4.78, 5) is 29.3. The number of nitrogens with zero attached hydrogens (tertiary/aromatic N) is 3. The van der Waals surface area contributed by atoms with E-state index in [-0.39, 0.29) is 28.5 Å². The second-order valence-electron chi connectivity index (χ2n) is 9.75. The second kappa shape index (κ2) is 11.0. The molecule has 2 atom stereocenters. The Kier molecular flexibility index (Phi) is 7.37. The molecule has 8 heteroatoms. The van der Waals surface area contributed by atoms with Crippen LogP contribution in [0.4, 0.5) is 11.4 Å². The van der Waals surface area contributed by atoms with Crippen LogP contribution in [0.3, 0.4) is 0 Å². The predicted molar refractivity (Wildman–Crippen MR) is 143 cm³/mol. The summed E-state index contributed by atoms with van der Waals surface area (Å²) < 4.78 is 5.22. The summed E-state index contributed by atoms with van der Waals surface area (Å²) in [6.45, 7) is 3.78. The Morgan fingerprint density at radius 1 is 1.05 bits per heavy atom. The van der Waals surface area contributed by atoms with Crippen molar-refractivity contribution in [2.75, 3.05) is 38.2 Å². The van der Waals surface area contributed by atoms with Gasteiger partial charge in [0.15, 0.2) is 0 Å². The molecule has 1 amide bonds. The molecule has 3 aromatic rings. The number of benzene rings is 3. The van der Waals surface area contributed by atoms with Crippen molar-refractivity contribution in [1.82, 2.24) is 10.2 Å². The van der Waals surface area contributed by atoms with Gasteiger partial charge in [-0.05, 0) is 47.7 Å². The van der Waals surface area contributed by atoms with Gasteiger partial charge in [0.25, 0.3) is 5.69 Å². The molecule has 0 spiro atoms. The number of fused-ring (bicyclic) bond motifs is 3. The predicted octanol–water partition coefficient (Wildman–Crippen LogP) is 3.83. The molecule has 1 fully saturated rings. The van der Waals surface area contributed by atoms with Crippen LogP contribution in [0.5, 0.6) is 5.75 Å². The van der Waals surface area contributed by atoms with Crippen molar-refractivity contribution >= 4 is 17.3 Å². The topological polar surface area (TPSA) is 87.9 Å². The number of anilines is 1. The van der Waals surface area contributed by atoms with Crippen LogP contribution in [0, 0.1) is 16.0 Å². The average molecular weight is 501 g/mol. The first-order valence-electron chi connectivity index (χ1n) is 12.7. The third-order valence-electron chi connectivity index (χ3n) is 7.45. The third kappa shape index (κ3) is 5.59. The van der Waals surface area contributed by atoms with Crippen LogP contribution in [0.25, 0.3) is 0 Å². The van der Waals surface area contributed by atoms with Gasteiger partial charge < -0.3 is 15.0 Å². The quantitative estimate of drug-likeness (QED) is 0.374. The third-order valence-corrected chi connectivity index (χ3v) is 7.45. The molecular formula is C29H32N4O4. The summed E-state index contributed by atoms with van der Waals surface area (Å²) in [5, 5.41) is 14.6. The number of carbonyl (C=O) groups is 1. The lowest BCUT2D eigenvalue weighted by Gasteiger charge is -2.49. The molecular weight excluding hydrogens is 468 g/mol. The number of methoxy groups -OCH3 is 1. The molecule has 2 aliphatic heterocycles. The SMILES string of the molecule is COc1ccc(CCNC(=O)[C@@H]2Cc3cc([N+](=O)[O-])ccc3N3CCN(Cc4ccccc4)C[C@H]23)cc1. The molecule has 8 nitrogen and oxygen atoms in total. The van der Waals surface area contributed by atoms with Gasteiger partial charge in [-0.15, -0.1) is 0 Å². The number of nitro benzene ring substituents is 1. The minimum absolute atomic E-state index is 0.00206. The first kappa shape index (κ1) is 24.8. The highest BCUT2D eigenvalue weighted by atomic mass is 16.6. The molecule has 0 radical (unpaired) electrons. The highest BCUT2D eigenvalue weighted by molar-refractivity contribution is 5.82. The van der Waals surface area contributed by atoms with Gasteiger partial charge in [-0.2, -0.15) is 0 Å². The van der Waals surface area contributed by atoms with E-state index < -0.39 is 0 Å². The monoisotopic (exact) mass is 500 g/mol. The van der Waals surface area contributed by atoms with Crippen LogP contribution in [0.2, 0.25) is 0 Å². The van der Waals surface area contributed by atoms with Crippen LogP contribution >= 0.6 is 0 Å². The highest BCUT2D eigenvalue weighted by Crippen LogP contribution is 2.38. The molecule has 0 saturated carbocycles. The fourth-order valence-corrected chi connectivity index (χ4v) is 5.52. The number of ether oxygens (including phenoxy) is 1. The Hall–Kier alpha value is -3.91. The molecule has 0 bridgehead atoms. The number of hydrogen-bond donors (Lipinski definition) is 1. The van der Waals surface area contributed by atoms with Gasteiger partial charge in [-0.25, -0.2) is 0 Å². The normalized spacial score (nSPS) is 19.0. The zero-order valence-electron chi connectivity index (χ0n) is 21.0. The van der Waals surface area contributed by atoms with Crippen molar-refractivity contribution in [3.8, 4) is 5.75 Å². The zero-order valence-corrected chi connectivity index (χ0v) is 21.0. The van der Waals surface area contributed by atoms with Crippen LogP contribution in [0.1, 0.15) is 16.7 Å². The van der Waals surface area contributed by atoms with Crippen LogP contribution in [-0.4, -0.2) is 55.1 Å². The van der Waals surface area contributed by atoms with Crippen molar-refractivity contribution in [2.45, 2.75) is 25.4 Å². The number of nitrogens with one attached hydrogen (secondary N) is 1. The molecule has 37 heavy (non-hydrogen) atoms. The Morgan fingerprint density at radius 2 is 1.84 bits per heavy atom. The number of hydrogen-bond acceptors (Lipinski definition) is 6. The Morgan fingerprint density at radius 3 is 2.57 bits per heavy atom. The van der Waals surface area contributed by atoms with Gasteiger partial charge in [-0.3, -0.25) is 19.8 Å². The molecule has 0 aliphatic carbocycles. The van der Waals surface area contributed by atoms with Crippen LogP contribution in [-0.2, 0) is 24.2 Å². The Balaban J connectivity index is 1.32. The standard InChI is InChI=1S/C29H32N4O4/c1-37-25-10-7-21(8-11-25)13-14-30-29(34)26-18-23-17-24(33(35)36)9-12-27(23)32-16-15-31(20-28(26)32)19-22-5-3-2-4-6-22/h2-12,17,26,28H,13-16,18-20H2,1H3,(H,30,34)/t26-,28-/m1/s1. The first-order valence-corrected chi connectivity index (χ1v) is 12.7. The lowest BCUT2D eigenvalue weighted by atomic mass is 9.83. The summed E-state index contributed by atoms with van der Waals surface area (Å²) in [6, 6.07) is 23.3. The molecule has 2 aliphatic rings. The second-order valence-corrected chi connectivity index (χ2v) is 9.75. The van der Waals surface area contributed by atoms with Gasteiger partial charge >= 0.3 is 0 Å². The molecule has 5 rings (SSSR count). The van der Waals surface area contributed by atoms with E-state index in [4.69, 9.17) is 4.74 Å². The van der Waals surface area contributed by atoms with Crippen molar-refractivity contribution in [3.63, 3.8) is 0 Å². The number of non-ortho nitro benzene ring substituents is 1. The molecule has 2 heterocycles. The van der Waals surface area contributed by atoms with Crippen molar-refractivity contribution in [1.29, 1.82) is 0 Å². The number of rotatable bonds is 8. The van der Waals surface area contributed by atoms with E-state index in [1.165, 1.54) is 5.56 Å².